The molecule has 12 heteroatoms. The van der Waals surface area contributed by atoms with E-state index in [0.29, 0.717) is 29.7 Å². The van der Waals surface area contributed by atoms with Gasteiger partial charge in [0.1, 0.15) is 0 Å². The maximum atomic E-state index is 12.7. The van der Waals surface area contributed by atoms with E-state index in [2.05, 4.69) is 20.5 Å². The molecule has 0 radical (unpaired) electrons. The summed E-state index contributed by atoms with van der Waals surface area (Å²) in [5.74, 6) is -0.740. The van der Waals surface area contributed by atoms with E-state index in [-0.39, 0.29) is 22.7 Å². The van der Waals surface area contributed by atoms with Crippen molar-refractivity contribution in [2.75, 3.05) is 37.6 Å². The lowest BCUT2D eigenvalue weighted by molar-refractivity contribution is 0.0991. The summed E-state index contributed by atoms with van der Waals surface area (Å²) in [5.41, 5.74) is 5.72. The minimum Gasteiger partial charge on any atom is -0.488 e. The van der Waals surface area contributed by atoms with Gasteiger partial charge in [0.05, 0.1) is 25.4 Å². The van der Waals surface area contributed by atoms with Crippen molar-refractivity contribution in [3.05, 3.63) is 34.5 Å². The third-order valence-electron chi connectivity index (χ3n) is 4.61. The second kappa shape index (κ2) is 10.2. The normalized spacial score (nSPS) is 16.8. The van der Waals surface area contributed by atoms with E-state index in [1.165, 1.54) is 19.4 Å². The topological polar surface area (TPSA) is 145 Å². The molecule has 1 atom stereocenters. The van der Waals surface area contributed by atoms with Crippen LogP contribution in [0.3, 0.4) is 0 Å². The van der Waals surface area contributed by atoms with E-state index >= 15 is 0 Å². The molecule has 0 bridgehead atoms. The number of nitrogens with zero attached hydrogens (tertiary/aromatic N) is 4. The number of allylic oxidation sites excluding steroid dienone is 1. The minimum atomic E-state index is -0.736. The van der Waals surface area contributed by atoms with Crippen LogP contribution in [0.15, 0.2) is 32.5 Å². The maximum absolute atomic E-state index is 12.7. The summed E-state index contributed by atoms with van der Waals surface area (Å²) in [5, 5.41) is 10.9. The molecule has 0 spiro atoms. The lowest BCUT2D eigenvalue weighted by Crippen LogP contribution is -2.34. The molecule has 1 saturated heterocycles. The van der Waals surface area contributed by atoms with Gasteiger partial charge < -0.3 is 24.5 Å². The van der Waals surface area contributed by atoms with Crippen molar-refractivity contribution in [2.24, 2.45) is 10.7 Å². The van der Waals surface area contributed by atoms with Crippen LogP contribution < -0.4 is 26.3 Å². The molecule has 2 aromatic rings. The van der Waals surface area contributed by atoms with Gasteiger partial charge in [-0.25, -0.2) is 9.79 Å². The van der Waals surface area contributed by atoms with Crippen LogP contribution in [0.5, 0.6) is 5.75 Å². The Morgan fingerprint density at radius 3 is 3.00 bits per heavy atom. The van der Waals surface area contributed by atoms with E-state index < -0.39 is 11.5 Å². The molecule has 0 unspecified atom stereocenters. The third-order valence-corrected chi connectivity index (χ3v) is 5.34. The highest BCUT2D eigenvalue weighted by Gasteiger charge is 2.30. The van der Waals surface area contributed by atoms with Crippen LogP contribution in [0.4, 0.5) is 16.0 Å². The molecule has 3 rings (SSSR count). The molecular weight excluding hydrogens is 424 g/mol. The molecule has 11 nitrogen and oxygen atoms in total. The number of carbonyl (C=O) groups excluding carboxylic acids is 1. The van der Waals surface area contributed by atoms with Crippen LogP contribution in [0, 0.1) is 0 Å². The zero-order chi connectivity index (χ0) is 22.4. The SMILES string of the molecule is COC[C@@H]1CCCN1c1cc(C(=O)Nc2nnc(/N=C(C)/C=C\N)s2)oc(=O)c1OC. The van der Waals surface area contributed by atoms with Crippen LogP contribution in [0.1, 0.15) is 30.3 Å². The number of amides is 1. The van der Waals surface area contributed by atoms with Crippen LogP contribution >= 0.6 is 11.3 Å². The fourth-order valence-electron chi connectivity index (χ4n) is 3.30. The molecule has 1 amide bonds. The lowest BCUT2D eigenvalue weighted by atomic mass is 10.2. The van der Waals surface area contributed by atoms with Crippen molar-refractivity contribution in [1.29, 1.82) is 0 Å². The molecular formula is C19H24N6O5S. The van der Waals surface area contributed by atoms with Crippen molar-refractivity contribution in [2.45, 2.75) is 25.8 Å². The maximum Gasteiger partial charge on any atom is 0.381 e. The second-order valence-corrected chi connectivity index (χ2v) is 7.67. The number of aliphatic imine (C=N–C) groups is 1. The number of hydrogen-bond donors (Lipinski definition) is 2. The van der Waals surface area contributed by atoms with Gasteiger partial charge in [-0.2, -0.15) is 0 Å². The van der Waals surface area contributed by atoms with Gasteiger partial charge in [0.25, 0.3) is 5.91 Å². The molecule has 1 fully saturated rings. The Hall–Kier alpha value is -3.25. The Balaban J connectivity index is 1.85. The first-order valence-electron chi connectivity index (χ1n) is 9.53. The number of carbonyl (C=O) groups is 1. The monoisotopic (exact) mass is 448 g/mol. The zero-order valence-electron chi connectivity index (χ0n) is 17.5. The van der Waals surface area contributed by atoms with Gasteiger partial charge in [-0.3, -0.25) is 10.1 Å². The molecule has 1 aliphatic rings. The number of ether oxygens (including phenoxy) is 2. The van der Waals surface area contributed by atoms with E-state index in [9.17, 15) is 9.59 Å². The van der Waals surface area contributed by atoms with E-state index in [0.717, 1.165) is 24.2 Å². The van der Waals surface area contributed by atoms with Crippen molar-refractivity contribution in [3.63, 3.8) is 0 Å². The lowest BCUT2D eigenvalue weighted by Gasteiger charge is -2.27. The summed E-state index contributed by atoms with van der Waals surface area (Å²) in [6.07, 6.45) is 4.82. The van der Waals surface area contributed by atoms with E-state index in [1.807, 2.05) is 4.90 Å². The number of rotatable bonds is 8. The van der Waals surface area contributed by atoms with Gasteiger partial charge in [0.15, 0.2) is 5.76 Å². The predicted octanol–water partition coefficient (Wildman–Crippen LogP) is 1.93. The summed E-state index contributed by atoms with van der Waals surface area (Å²) < 4.78 is 15.7. The summed E-state index contributed by atoms with van der Waals surface area (Å²) in [6.45, 7) is 2.97. The largest absolute Gasteiger partial charge is 0.488 e. The van der Waals surface area contributed by atoms with Crippen LogP contribution in [0.2, 0.25) is 0 Å². The number of nitrogens with one attached hydrogen (secondary N) is 1. The minimum absolute atomic E-state index is 0.0514. The second-order valence-electron chi connectivity index (χ2n) is 6.72. The Morgan fingerprint density at radius 2 is 2.29 bits per heavy atom. The van der Waals surface area contributed by atoms with Crippen LogP contribution in [0.25, 0.3) is 0 Å². The zero-order valence-corrected chi connectivity index (χ0v) is 18.3. The van der Waals surface area contributed by atoms with Crippen LogP contribution in [-0.4, -0.2) is 55.2 Å². The number of aromatic nitrogens is 2. The van der Waals surface area contributed by atoms with Crippen molar-refractivity contribution < 1.29 is 18.7 Å². The van der Waals surface area contributed by atoms with Gasteiger partial charge in [-0.15, -0.1) is 10.2 Å². The first-order valence-corrected chi connectivity index (χ1v) is 10.3. The molecule has 31 heavy (non-hydrogen) atoms. The highest BCUT2D eigenvalue weighted by molar-refractivity contribution is 7.18. The standard InChI is InChI=1S/C19H24N6O5S/c1-11(6-7-20)21-18-23-24-19(31-18)22-16(26)14-9-13(15(29-3)17(27)30-14)25-8-4-5-12(25)10-28-2/h6-7,9,12H,4-5,8,10,20H2,1-3H3,(H,22,24,26)/b7-6-,21-11+/t12-/m0/s1. The molecule has 2 aromatic heterocycles. The summed E-state index contributed by atoms with van der Waals surface area (Å²) in [7, 11) is 3.02. The smallest absolute Gasteiger partial charge is 0.381 e. The number of nitrogens with two attached hydrogens (primary N) is 1. The van der Waals surface area contributed by atoms with Crippen molar-refractivity contribution >= 4 is 38.9 Å². The Kier molecular flexibility index (Phi) is 7.36. The molecule has 0 aromatic carbocycles. The summed E-state index contributed by atoms with van der Waals surface area (Å²) >= 11 is 1.07. The number of methoxy groups -OCH3 is 2. The van der Waals surface area contributed by atoms with Crippen molar-refractivity contribution in [1.82, 2.24) is 10.2 Å². The summed E-state index contributed by atoms with van der Waals surface area (Å²) in [6, 6.07) is 1.57. The van der Waals surface area contributed by atoms with Gasteiger partial charge in [-0.1, -0.05) is 11.3 Å². The average Bonchev–Trinajstić information content (AvgIpc) is 3.37. The highest BCUT2D eigenvalue weighted by atomic mass is 32.1. The highest BCUT2D eigenvalue weighted by Crippen LogP contribution is 2.33. The fourth-order valence-corrected chi connectivity index (χ4v) is 3.97. The summed E-state index contributed by atoms with van der Waals surface area (Å²) in [4.78, 5) is 31.4. The quantitative estimate of drug-likeness (QED) is 0.578. The Labute approximate surface area is 182 Å². The third kappa shape index (κ3) is 5.27. The fraction of sp³-hybridized carbons (Fsp3) is 0.421. The molecule has 166 valence electrons. The Bertz CT molecular complexity index is 1050. The first kappa shape index (κ1) is 22.4. The molecule has 0 saturated carbocycles. The Morgan fingerprint density at radius 1 is 1.48 bits per heavy atom. The van der Waals surface area contributed by atoms with E-state index in [4.69, 9.17) is 19.6 Å². The van der Waals surface area contributed by atoms with Gasteiger partial charge in [0, 0.05) is 25.4 Å². The van der Waals surface area contributed by atoms with Gasteiger partial charge in [-0.05, 0) is 32.0 Å². The van der Waals surface area contributed by atoms with Gasteiger partial charge >= 0.3 is 5.63 Å². The number of anilines is 2. The van der Waals surface area contributed by atoms with E-state index in [1.54, 1.807) is 20.1 Å². The first-order chi connectivity index (χ1) is 15.0. The average molecular weight is 449 g/mol. The van der Waals surface area contributed by atoms with Gasteiger partial charge in [0.2, 0.25) is 16.0 Å². The molecule has 3 N–H and O–H groups in total. The molecule has 1 aliphatic heterocycles. The number of hydrogen-bond acceptors (Lipinski definition) is 11. The van der Waals surface area contributed by atoms with Crippen LogP contribution in [-0.2, 0) is 4.74 Å². The predicted molar refractivity (Wildman–Crippen MR) is 118 cm³/mol. The molecule has 0 aliphatic carbocycles. The van der Waals surface area contributed by atoms with Crippen molar-refractivity contribution in [3.8, 4) is 5.75 Å². The molecule has 3 heterocycles.